The Morgan fingerprint density at radius 2 is 0.810 bits per heavy atom. The van der Waals surface area contributed by atoms with Crippen molar-refractivity contribution in [1.29, 1.82) is 0 Å². The minimum Gasteiger partial charge on any atom is -0.309 e. The van der Waals surface area contributed by atoms with Crippen molar-refractivity contribution >= 4 is 49.3 Å². The smallest absolute Gasteiger partial charge is 0.194 e. The van der Waals surface area contributed by atoms with Gasteiger partial charge in [-0.05, 0) is 82.9 Å². The fraction of sp³-hybridized carbons (Fsp3) is 0. The summed E-state index contributed by atoms with van der Waals surface area (Å²) in [5.41, 5.74) is 15.1. The Balaban J connectivity index is 1.21. The van der Waals surface area contributed by atoms with Gasteiger partial charge in [0.05, 0.1) is 40.0 Å². The van der Waals surface area contributed by atoms with Crippen molar-refractivity contribution in [3.05, 3.63) is 218 Å². The van der Waals surface area contributed by atoms with E-state index in [1.54, 1.807) is 0 Å². The first-order valence-corrected chi connectivity index (χ1v) is 19.5. The molecule has 0 amide bonds. The highest BCUT2D eigenvalue weighted by Gasteiger charge is 2.19. The molecule has 0 aliphatic heterocycles. The second-order valence-electron chi connectivity index (χ2n) is 14.7. The number of nitrogens with zero attached hydrogens (tertiary/aromatic N) is 4. The molecule has 0 bridgehead atoms. The molecule has 0 aliphatic carbocycles. The summed E-state index contributed by atoms with van der Waals surface area (Å²) in [6.45, 7) is 8.12. The molecule has 0 unspecified atom stereocenters. The Hall–Kier alpha value is -8.00. The van der Waals surface area contributed by atoms with Gasteiger partial charge in [-0.25, -0.2) is 9.83 Å². The van der Waals surface area contributed by atoms with E-state index in [4.69, 9.17) is 11.6 Å². The minimum atomic E-state index is 0.617. The third-order valence-corrected chi connectivity index (χ3v) is 11.3. The van der Waals surface area contributed by atoms with Crippen LogP contribution in [0.15, 0.2) is 206 Å². The fourth-order valence-corrected chi connectivity index (χ4v) is 8.67. The minimum absolute atomic E-state index is 0.617. The highest BCUT2D eigenvalue weighted by Crippen LogP contribution is 2.41. The zero-order chi connectivity index (χ0) is 38.6. The van der Waals surface area contributed by atoms with Crippen LogP contribution in [0.25, 0.3) is 105 Å². The van der Waals surface area contributed by atoms with Crippen molar-refractivity contribution in [2.75, 3.05) is 0 Å². The monoisotopic (exact) mass is 738 g/mol. The van der Waals surface area contributed by atoms with Gasteiger partial charge in [-0.1, -0.05) is 146 Å². The molecule has 11 aromatic rings. The van der Waals surface area contributed by atoms with Gasteiger partial charge in [-0.3, -0.25) is 0 Å². The summed E-state index contributed by atoms with van der Waals surface area (Å²) in [4.78, 5) is 9.16. The molecule has 270 valence electrons. The first kappa shape index (κ1) is 33.3. The molecule has 3 aromatic heterocycles. The molecule has 11 rings (SSSR count). The van der Waals surface area contributed by atoms with Gasteiger partial charge < -0.3 is 9.13 Å². The lowest BCUT2D eigenvalue weighted by Crippen LogP contribution is -1.98. The van der Waals surface area contributed by atoms with Crippen molar-refractivity contribution < 1.29 is 0 Å². The predicted octanol–water partition coefficient (Wildman–Crippen LogP) is 14.5. The largest absolute Gasteiger partial charge is 0.309 e. The summed E-state index contributed by atoms with van der Waals surface area (Å²) in [6.07, 6.45) is 0. The second kappa shape index (κ2) is 13.6. The zero-order valence-corrected chi connectivity index (χ0v) is 31.4. The van der Waals surface area contributed by atoms with Crippen LogP contribution in [-0.2, 0) is 0 Å². The third kappa shape index (κ3) is 5.49. The molecule has 0 saturated carbocycles. The Bertz CT molecular complexity index is 3290. The van der Waals surface area contributed by atoms with Crippen molar-refractivity contribution in [2.24, 2.45) is 0 Å². The summed E-state index contributed by atoms with van der Waals surface area (Å²) in [5, 5.41) is 4.82. The maximum Gasteiger partial charge on any atom is 0.194 e. The van der Waals surface area contributed by atoms with Crippen molar-refractivity contribution in [1.82, 2.24) is 14.1 Å². The summed E-state index contributed by atoms with van der Waals surface area (Å²) >= 11 is 0. The fourth-order valence-electron chi connectivity index (χ4n) is 8.67. The van der Waals surface area contributed by atoms with Crippen molar-refractivity contribution in [3.63, 3.8) is 0 Å². The van der Waals surface area contributed by atoms with Crippen LogP contribution in [0.5, 0.6) is 0 Å². The average molecular weight is 739 g/mol. The second-order valence-corrected chi connectivity index (χ2v) is 14.7. The van der Waals surface area contributed by atoms with Crippen LogP contribution in [0, 0.1) is 6.57 Å². The van der Waals surface area contributed by atoms with Crippen LogP contribution in [-0.4, -0.2) is 14.1 Å². The molecule has 0 spiro atoms. The van der Waals surface area contributed by atoms with E-state index in [1.165, 1.54) is 32.6 Å². The lowest BCUT2D eigenvalue weighted by Gasteiger charge is -2.16. The van der Waals surface area contributed by atoms with E-state index < -0.39 is 0 Å². The number of hydrogen-bond donors (Lipinski definition) is 0. The van der Waals surface area contributed by atoms with Crippen LogP contribution in [0.2, 0.25) is 0 Å². The molecule has 4 nitrogen and oxygen atoms in total. The molecule has 8 aromatic carbocycles. The maximum atomic E-state index is 8.12. The topological polar surface area (TPSA) is 27.1 Å². The number of benzene rings is 8. The Kier molecular flexibility index (Phi) is 7.84. The van der Waals surface area contributed by atoms with Gasteiger partial charge in [0.2, 0.25) is 0 Å². The Morgan fingerprint density at radius 3 is 1.40 bits per heavy atom. The van der Waals surface area contributed by atoms with Gasteiger partial charge in [0, 0.05) is 44.0 Å². The van der Waals surface area contributed by atoms with Crippen LogP contribution < -0.4 is 0 Å². The van der Waals surface area contributed by atoms with E-state index in [2.05, 4.69) is 190 Å². The molecule has 58 heavy (non-hydrogen) atoms. The first-order chi connectivity index (χ1) is 28.7. The average Bonchev–Trinajstić information content (AvgIpc) is 3.82. The normalized spacial score (nSPS) is 11.4. The molecule has 0 saturated heterocycles. The van der Waals surface area contributed by atoms with Gasteiger partial charge in [-0.15, -0.1) is 0 Å². The van der Waals surface area contributed by atoms with Crippen LogP contribution in [0.3, 0.4) is 0 Å². The van der Waals surface area contributed by atoms with Crippen LogP contribution >= 0.6 is 0 Å². The molecule has 0 aliphatic rings. The predicted molar refractivity (Wildman–Crippen MR) is 241 cm³/mol. The van der Waals surface area contributed by atoms with Gasteiger partial charge in [0.25, 0.3) is 0 Å². The number of para-hydroxylation sites is 4. The Labute approximate surface area is 336 Å². The molecular formula is C54H34N4. The van der Waals surface area contributed by atoms with Gasteiger partial charge in [0.15, 0.2) is 5.69 Å². The SMILES string of the molecule is [C-]#[N+]c1ccccc1-c1cc(-c2cc(-c3ccccc3)nc(-c3ccccc3)c2)cc(-n2c3ccccc3c3ccc(-n4c5ccccc5c5ccccc54)cc32)c1. The highest BCUT2D eigenvalue weighted by atomic mass is 15.0. The first-order valence-electron chi connectivity index (χ1n) is 19.5. The molecule has 0 atom stereocenters. The number of fused-ring (bicyclic) bond motifs is 6. The van der Waals surface area contributed by atoms with E-state index in [9.17, 15) is 0 Å². The molecule has 0 radical (unpaired) electrons. The lowest BCUT2D eigenvalue weighted by molar-refractivity contribution is 1.15. The summed E-state index contributed by atoms with van der Waals surface area (Å²) in [5.74, 6) is 0. The van der Waals surface area contributed by atoms with Gasteiger partial charge in [0.1, 0.15) is 0 Å². The molecular weight excluding hydrogens is 705 g/mol. The molecule has 0 fully saturated rings. The molecule has 3 heterocycles. The number of rotatable bonds is 6. The lowest BCUT2D eigenvalue weighted by atomic mass is 9.95. The van der Waals surface area contributed by atoms with Gasteiger partial charge >= 0.3 is 0 Å². The van der Waals surface area contributed by atoms with E-state index in [-0.39, 0.29) is 0 Å². The van der Waals surface area contributed by atoms with Crippen molar-refractivity contribution in [3.8, 4) is 56.1 Å². The highest BCUT2D eigenvalue weighted by molar-refractivity contribution is 6.12. The number of aromatic nitrogens is 3. The van der Waals surface area contributed by atoms with Crippen LogP contribution in [0.1, 0.15) is 0 Å². The Morgan fingerprint density at radius 1 is 0.345 bits per heavy atom. The standard InChI is InChI=1S/C54H34N4/c1-55-48-24-12-8-20-43(48)40-30-38(39-33-49(36-16-4-2-5-17-36)56-50(34-39)37-18-6-3-7-19-37)31-42(32-40)58-53-27-15-11-23-46(53)47-29-28-41(35-54(47)58)57-51-25-13-9-21-44(51)45-22-10-14-26-52(45)57/h2-35H. The molecule has 0 N–H and O–H groups in total. The zero-order valence-electron chi connectivity index (χ0n) is 31.4. The number of hydrogen-bond acceptors (Lipinski definition) is 1. The quantitative estimate of drug-likeness (QED) is 0.156. The van der Waals surface area contributed by atoms with E-state index in [0.29, 0.717) is 5.69 Å². The number of pyridine rings is 1. The maximum absolute atomic E-state index is 8.12. The van der Waals surface area contributed by atoms with Gasteiger partial charge in [-0.2, -0.15) is 0 Å². The summed E-state index contributed by atoms with van der Waals surface area (Å²) in [7, 11) is 0. The van der Waals surface area contributed by atoms with Crippen molar-refractivity contribution in [2.45, 2.75) is 0 Å². The van der Waals surface area contributed by atoms with E-state index in [1.807, 2.05) is 30.3 Å². The van der Waals surface area contributed by atoms with E-state index in [0.717, 1.165) is 67.2 Å². The molecule has 4 heteroatoms. The van der Waals surface area contributed by atoms with E-state index >= 15 is 0 Å². The summed E-state index contributed by atoms with van der Waals surface area (Å²) in [6, 6.07) is 72.6. The van der Waals surface area contributed by atoms with Crippen LogP contribution in [0.4, 0.5) is 5.69 Å². The summed E-state index contributed by atoms with van der Waals surface area (Å²) < 4.78 is 4.78. The third-order valence-electron chi connectivity index (χ3n) is 11.3.